The molecule has 16 heavy (non-hydrogen) atoms. The lowest BCUT2D eigenvalue weighted by atomic mass is 10.1. The van der Waals surface area contributed by atoms with Crippen molar-refractivity contribution in [3.8, 4) is 0 Å². The molecule has 1 fully saturated rings. The molecule has 2 aliphatic rings. The topological polar surface area (TPSA) is 49.8 Å². The van der Waals surface area contributed by atoms with Gasteiger partial charge >= 0.3 is 0 Å². The molecule has 1 saturated carbocycles. The quantitative estimate of drug-likeness (QED) is 0.709. The zero-order valence-electron chi connectivity index (χ0n) is 9.59. The molecular formula is C12H19N3O. The van der Waals surface area contributed by atoms with E-state index in [0.29, 0.717) is 6.04 Å². The summed E-state index contributed by atoms with van der Waals surface area (Å²) in [4.78, 5) is 12.2. The van der Waals surface area contributed by atoms with Gasteiger partial charge in [0, 0.05) is 13.1 Å². The second-order valence-electron chi connectivity index (χ2n) is 4.99. The molecule has 0 spiro atoms. The Balaban J connectivity index is 1.91. The maximum atomic E-state index is 12.2. The zero-order chi connectivity index (χ0) is 11.0. The van der Waals surface area contributed by atoms with Crippen LogP contribution in [-0.4, -0.2) is 9.78 Å². The van der Waals surface area contributed by atoms with Crippen molar-refractivity contribution in [1.82, 2.24) is 15.1 Å². The first kappa shape index (κ1) is 10.1. The second kappa shape index (κ2) is 4.09. The fourth-order valence-corrected chi connectivity index (χ4v) is 2.95. The number of aromatic amines is 1. The average molecular weight is 221 g/mol. The van der Waals surface area contributed by atoms with Crippen LogP contribution in [0.15, 0.2) is 4.79 Å². The molecule has 2 N–H and O–H groups in total. The van der Waals surface area contributed by atoms with Gasteiger partial charge in [-0.2, -0.15) is 0 Å². The number of aromatic nitrogens is 2. The lowest BCUT2D eigenvalue weighted by Crippen LogP contribution is -2.25. The van der Waals surface area contributed by atoms with Gasteiger partial charge in [0.25, 0.3) is 5.56 Å². The van der Waals surface area contributed by atoms with Gasteiger partial charge in [0.2, 0.25) is 0 Å². The van der Waals surface area contributed by atoms with Gasteiger partial charge in [-0.1, -0.05) is 25.7 Å². The number of hydrogen-bond acceptors (Lipinski definition) is 2. The van der Waals surface area contributed by atoms with Crippen molar-refractivity contribution in [2.75, 3.05) is 0 Å². The van der Waals surface area contributed by atoms with Crippen LogP contribution in [0.4, 0.5) is 0 Å². The smallest absolute Gasteiger partial charge is 0.271 e. The van der Waals surface area contributed by atoms with Crippen LogP contribution in [0.3, 0.4) is 0 Å². The van der Waals surface area contributed by atoms with E-state index in [1.54, 1.807) is 0 Å². The van der Waals surface area contributed by atoms with Gasteiger partial charge in [-0.3, -0.25) is 9.89 Å². The number of hydrogen-bond donors (Lipinski definition) is 2. The second-order valence-corrected chi connectivity index (χ2v) is 4.99. The SMILES string of the molecule is O=c1c2c([nH]n1C1CCCCCC1)CNC2. The number of nitrogens with zero attached hydrogens (tertiary/aromatic N) is 1. The van der Waals surface area contributed by atoms with E-state index in [1.807, 2.05) is 4.68 Å². The summed E-state index contributed by atoms with van der Waals surface area (Å²) in [5.74, 6) is 0. The number of H-pyrrole nitrogens is 1. The molecular weight excluding hydrogens is 202 g/mol. The van der Waals surface area contributed by atoms with Crippen molar-refractivity contribution in [2.45, 2.75) is 57.7 Å². The van der Waals surface area contributed by atoms with Crippen molar-refractivity contribution in [3.63, 3.8) is 0 Å². The highest BCUT2D eigenvalue weighted by molar-refractivity contribution is 5.21. The third-order valence-electron chi connectivity index (χ3n) is 3.89. The van der Waals surface area contributed by atoms with Gasteiger partial charge in [0.05, 0.1) is 17.3 Å². The van der Waals surface area contributed by atoms with Crippen LogP contribution >= 0.6 is 0 Å². The average Bonchev–Trinajstić information content (AvgIpc) is 2.74. The molecule has 0 amide bonds. The highest BCUT2D eigenvalue weighted by Gasteiger charge is 2.23. The van der Waals surface area contributed by atoms with E-state index in [1.165, 1.54) is 25.7 Å². The minimum atomic E-state index is 0.215. The summed E-state index contributed by atoms with van der Waals surface area (Å²) in [5.41, 5.74) is 2.28. The highest BCUT2D eigenvalue weighted by Crippen LogP contribution is 2.26. The molecule has 0 atom stereocenters. The predicted octanol–water partition coefficient (Wildman–Crippen LogP) is 1.67. The Morgan fingerprint density at radius 3 is 2.50 bits per heavy atom. The zero-order valence-corrected chi connectivity index (χ0v) is 9.59. The molecule has 88 valence electrons. The summed E-state index contributed by atoms with van der Waals surface area (Å²) in [7, 11) is 0. The summed E-state index contributed by atoms with van der Waals surface area (Å²) in [5, 5.41) is 6.51. The normalized spacial score (nSPS) is 22.0. The maximum Gasteiger partial charge on any atom is 0.271 e. The molecule has 2 heterocycles. The first-order chi connectivity index (χ1) is 7.86. The first-order valence-electron chi connectivity index (χ1n) is 6.39. The Morgan fingerprint density at radius 1 is 1.06 bits per heavy atom. The van der Waals surface area contributed by atoms with Gasteiger partial charge in [0.1, 0.15) is 0 Å². The van der Waals surface area contributed by atoms with Gasteiger partial charge < -0.3 is 5.32 Å². The Bertz CT molecular complexity index is 424. The molecule has 1 aliphatic carbocycles. The number of nitrogens with one attached hydrogen (secondary N) is 2. The van der Waals surface area contributed by atoms with Crippen LogP contribution < -0.4 is 10.9 Å². The molecule has 0 radical (unpaired) electrons. The molecule has 4 nitrogen and oxygen atoms in total. The van der Waals surface area contributed by atoms with Crippen molar-refractivity contribution in [3.05, 3.63) is 21.6 Å². The summed E-state index contributed by atoms with van der Waals surface area (Å²) >= 11 is 0. The first-order valence-corrected chi connectivity index (χ1v) is 6.39. The van der Waals surface area contributed by atoms with E-state index < -0.39 is 0 Å². The third kappa shape index (κ3) is 1.61. The Kier molecular flexibility index (Phi) is 2.59. The van der Waals surface area contributed by atoms with E-state index in [-0.39, 0.29) is 5.56 Å². The molecule has 4 heteroatoms. The fourth-order valence-electron chi connectivity index (χ4n) is 2.95. The van der Waals surface area contributed by atoms with Gasteiger partial charge in [-0.15, -0.1) is 0 Å². The van der Waals surface area contributed by atoms with Gasteiger partial charge in [-0.25, -0.2) is 4.68 Å². The fraction of sp³-hybridized carbons (Fsp3) is 0.750. The van der Waals surface area contributed by atoms with E-state index >= 15 is 0 Å². The summed E-state index contributed by atoms with van der Waals surface area (Å²) < 4.78 is 1.90. The monoisotopic (exact) mass is 221 g/mol. The standard InChI is InChI=1S/C12H19N3O/c16-12-10-7-13-8-11(10)14-15(12)9-5-3-1-2-4-6-9/h9,13-14H,1-8H2. The van der Waals surface area contributed by atoms with Crippen molar-refractivity contribution < 1.29 is 0 Å². The van der Waals surface area contributed by atoms with Crippen LogP contribution in [0.25, 0.3) is 0 Å². The van der Waals surface area contributed by atoms with E-state index in [4.69, 9.17) is 0 Å². The lowest BCUT2D eigenvalue weighted by Gasteiger charge is -2.15. The number of rotatable bonds is 1. The maximum absolute atomic E-state index is 12.2. The van der Waals surface area contributed by atoms with Gasteiger partial charge in [0.15, 0.2) is 0 Å². The molecule has 0 aromatic carbocycles. The summed E-state index contributed by atoms with van der Waals surface area (Å²) in [6.07, 6.45) is 7.50. The van der Waals surface area contributed by atoms with E-state index in [0.717, 1.165) is 37.2 Å². The molecule has 0 bridgehead atoms. The molecule has 1 aliphatic heterocycles. The summed E-state index contributed by atoms with van der Waals surface area (Å²) in [6.45, 7) is 1.56. The lowest BCUT2D eigenvalue weighted by molar-refractivity contribution is 0.391. The summed E-state index contributed by atoms with van der Waals surface area (Å²) in [6, 6.07) is 0.417. The van der Waals surface area contributed by atoms with Crippen LogP contribution in [0.5, 0.6) is 0 Å². The number of fused-ring (bicyclic) bond motifs is 1. The minimum absolute atomic E-state index is 0.215. The molecule has 1 aromatic heterocycles. The Labute approximate surface area is 95.0 Å². The van der Waals surface area contributed by atoms with Crippen molar-refractivity contribution in [1.29, 1.82) is 0 Å². The molecule has 0 unspecified atom stereocenters. The molecule has 1 aromatic rings. The Morgan fingerprint density at radius 2 is 1.81 bits per heavy atom. The predicted molar refractivity (Wildman–Crippen MR) is 62.3 cm³/mol. The van der Waals surface area contributed by atoms with E-state index in [2.05, 4.69) is 10.4 Å². The largest absolute Gasteiger partial charge is 0.307 e. The third-order valence-corrected chi connectivity index (χ3v) is 3.89. The molecule has 3 rings (SSSR count). The van der Waals surface area contributed by atoms with Crippen LogP contribution in [0.2, 0.25) is 0 Å². The van der Waals surface area contributed by atoms with Crippen molar-refractivity contribution >= 4 is 0 Å². The van der Waals surface area contributed by atoms with E-state index in [9.17, 15) is 4.79 Å². The van der Waals surface area contributed by atoms with Crippen LogP contribution in [0.1, 0.15) is 55.8 Å². The molecule has 0 saturated heterocycles. The van der Waals surface area contributed by atoms with Crippen molar-refractivity contribution in [2.24, 2.45) is 0 Å². The Hall–Kier alpha value is -1.03. The highest BCUT2D eigenvalue weighted by atomic mass is 16.1. The van der Waals surface area contributed by atoms with Gasteiger partial charge in [-0.05, 0) is 12.8 Å². The van der Waals surface area contributed by atoms with Crippen LogP contribution in [-0.2, 0) is 13.1 Å². The minimum Gasteiger partial charge on any atom is -0.307 e. The van der Waals surface area contributed by atoms with Crippen LogP contribution in [0, 0.1) is 0 Å².